The van der Waals surface area contributed by atoms with Crippen LogP contribution in [0, 0.1) is 6.92 Å². The van der Waals surface area contributed by atoms with Gasteiger partial charge in [0.05, 0.1) is 17.2 Å². The zero-order valence-corrected chi connectivity index (χ0v) is 15.4. The lowest BCUT2D eigenvalue weighted by Crippen LogP contribution is -2.23. The fraction of sp³-hybridized carbons (Fsp3) is 0.190. The van der Waals surface area contributed by atoms with Crippen molar-refractivity contribution < 1.29 is 4.79 Å². The van der Waals surface area contributed by atoms with Crippen molar-refractivity contribution >= 4 is 34.1 Å². The van der Waals surface area contributed by atoms with Crippen LogP contribution in [-0.2, 0) is 17.8 Å². The van der Waals surface area contributed by atoms with Gasteiger partial charge in [-0.2, -0.15) is 5.10 Å². The SMILES string of the molecule is CCc1cccc2c(/C=N/NC(=O)Cn3c(C)nc4ccccc43)c[nH]c12. The standard InChI is InChI=1S/C21H21N5O/c1-3-15-7-6-8-17-16(11-22-21(15)17)12-23-25-20(27)13-26-14(2)24-18-9-4-5-10-19(18)26/h4-12,22H,3,13H2,1-2H3,(H,25,27)/b23-12+. The van der Waals surface area contributed by atoms with Crippen LogP contribution in [-0.4, -0.2) is 26.7 Å². The predicted molar refractivity (Wildman–Crippen MR) is 108 cm³/mol. The summed E-state index contributed by atoms with van der Waals surface area (Å²) in [6, 6.07) is 14.0. The van der Waals surface area contributed by atoms with Gasteiger partial charge < -0.3 is 9.55 Å². The number of amides is 1. The number of fused-ring (bicyclic) bond motifs is 2. The van der Waals surface area contributed by atoms with E-state index in [2.05, 4.69) is 39.6 Å². The van der Waals surface area contributed by atoms with E-state index in [1.54, 1.807) is 6.21 Å². The monoisotopic (exact) mass is 359 g/mol. The molecule has 0 saturated carbocycles. The van der Waals surface area contributed by atoms with E-state index in [-0.39, 0.29) is 12.5 Å². The van der Waals surface area contributed by atoms with E-state index in [4.69, 9.17) is 0 Å². The number of nitrogens with one attached hydrogen (secondary N) is 2. The Balaban J connectivity index is 1.49. The lowest BCUT2D eigenvalue weighted by molar-refractivity contribution is -0.121. The van der Waals surface area contributed by atoms with Crippen LogP contribution in [0.2, 0.25) is 0 Å². The lowest BCUT2D eigenvalue weighted by Gasteiger charge is -2.05. The Morgan fingerprint density at radius 3 is 2.96 bits per heavy atom. The molecule has 0 unspecified atom stereocenters. The summed E-state index contributed by atoms with van der Waals surface area (Å²) in [5, 5.41) is 5.23. The second kappa shape index (κ2) is 7.07. The Hall–Kier alpha value is -3.41. The van der Waals surface area contributed by atoms with E-state index < -0.39 is 0 Å². The van der Waals surface area contributed by atoms with E-state index in [0.717, 1.165) is 39.7 Å². The molecule has 4 aromatic rings. The van der Waals surface area contributed by atoms with Crippen LogP contribution >= 0.6 is 0 Å². The van der Waals surface area contributed by atoms with Gasteiger partial charge in [0, 0.05) is 22.7 Å². The number of para-hydroxylation sites is 3. The van der Waals surface area contributed by atoms with Crippen LogP contribution in [0.5, 0.6) is 0 Å². The van der Waals surface area contributed by atoms with Gasteiger partial charge in [0.1, 0.15) is 12.4 Å². The maximum Gasteiger partial charge on any atom is 0.260 e. The molecule has 0 atom stereocenters. The number of aryl methyl sites for hydroxylation is 2. The molecular weight excluding hydrogens is 338 g/mol. The normalized spacial score (nSPS) is 11.6. The van der Waals surface area contributed by atoms with Crippen molar-refractivity contribution in [2.45, 2.75) is 26.8 Å². The third-order valence-electron chi connectivity index (χ3n) is 4.75. The van der Waals surface area contributed by atoms with Gasteiger partial charge in [0.15, 0.2) is 0 Å². The summed E-state index contributed by atoms with van der Waals surface area (Å²) in [6.45, 7) is 4.21. The lowest BCUT2D eigenvalue weighted by atomic mass is 10.1. The van der Waals surface area contributed by atoms with Crippen molar-refractivity contribution in [2.75, 3.05) is 0 Å². The highest BCUT2D eigenvalue weighted by Crippen LogP contribution is 2.21. The number of hydrogen-bond donors (Lipinski definition) is 2. The van der Waals surface area contributed by atoms with Crippen LogP contribution in [0.3, 0.4) is 0 Å². The quantitative estimate of drug-likeness (QED) is 0.422. The molecule has 136 valence electrons. The van der Waals surface area contributed by atoms with Gasteiger partial charge >= 0.3 is 0 Å². The van der Waals surface area contributed by atoms with Crippen LogP contribution in [0.25, 0.3) is 21.9 Å². The van der Waals surface area contributed by atoms with Gasteiger partial charge in [0.25, 0.3) is 5.91 Å². The minimum absolute atomic E-state index is 0.178. The zero-order chi connectivity index (χ0) is 18.8. The number of carbonyl (C=O) groups is 1. The van der Waals surface area contributed by atoms with E-state index >= 15 is 0 Å². The van der Waals surface area contributed by atoms with Crippen LogP contribution in [0.15, 0.2) is 53.8 Å². The van der Waals surface area contributed by atoms with E-state index in [1.807, 2.05) is 48.0 Å². The summed E-state index contributed by atoms with van der Waals surface area (Å²) < 4.78 is 1.89. The average Bonchev–Trinajstić information content (AvgIpc) is 3.23. The number of aromatic nitrogens is 3. The summed E-state index contributed by atoms with van der Waals surface area (Å²) in [6.07, 6.45) is 4.55. The van der Waals surface area contributed by atoms with Crippen molar-refractivity contribution in [3.63, 3.8) is 0 Å². The maximum absolute atomic E-state index is 12.3. The molecule has 27 heavy (non-hydrogen) atoms. The molecule has 0 aliphatic carbocycles. The minimum atomic E-state index is -0.188. The summed E-state index contributed by atoms with van der Waals surface area (Å²) in [4.78, 5) is 20.1. The van der Waals surface area contributed by atoms with Gasteiger partial charge in [-0.05, 0) is 31.0 Å². The van der Waals surface area contributed by atoms with Crippen molar-refractivity contribution in [1.82, 2.24) is 20.0 Å². The van der Waals surface area contributed by atoms with Gasteiger partial charge in [-0.3, -0.25) is 4.79 Å². The number of nitrogens with zero attached hydrogens (tertiary/aromatic N) is 3. The van der Waals surface area contributed by atoms with Crippen LogP contribution in [0.4, 0.5) is 0 Å². The Bertz CT molecular complexity index is 1150. The summed E-state index contributed by atoms with van der Waals surface area (Å²) in [7, 11) is 0. The number of rotatable bonds is 5. The molecule has 6 heteroatoms. The molecule has 2 heterocycles. The van der Waals surface area contributed by atoms with Crippen molar-refractivity contribution in [2.24, 2.45) is 5.10 Å². The molecule has 0 bridgehead atoms. The van der Waals surface area contributed by atoms with Gasteiger partial charge in [0.2, 0.25) is 0 Å². The number of benzene rings is 2. The first-order chi connectivity index (χ1) is 13.2. The second-order valence-electron chi connectivity index (χ2n) is 6.46. The van der Waals surface area contributed by atoms with E-state index in [9.17, 15) is 4.79 Å². The van der Waals surface area contributed by atoms with Crippen LogP contribution in [0.1, 0.15) is 23.9 Å². The van der Waals surface area contributed by atoms with Crippen molar-refractivity contribution in [3.8, 4) is 0 Å². The number of hydrogen-bond acceptors (Lipinski definition) is 3. The molecule has 2 N–H and O–H groups in total. The third kappa shape index (κ3) is 3.21. The van der Waals surface area contributed by atoms with E-state index in [1.165, 1.54) is 5.56 Å². The first-order valence-corrected chi connectivity index (χ1v) is 9.00. The fourth-order valence-corrected chi connectivity index (χ4v) is 3.39. The average molecular weight is 359 g/mol. The number of carbonyl (C=O) groups excluding carboxylic acids is 1. The highest BCUT2D eigenvalue weighted by atomic mass is 16.2. The maximum atomic E-state index is 12.3. The highest BCUT2D eigenvalue weighted by Gasteiger charge is 2.10. The molecule has 0 spiro atoms. The smallest absolute Gasteiger partial charge is 0.260 e. The Labute approximate surface area is 156 Å². The Morgan fingerprint density at radius 1 is 1.26 bits per heavy atom. The van der Waals surface area contributed by atoms with Crippen molar-refractivity contribution in [1.29, 1.82) is 0 Å². The predicted octanol–water partition coefficient (Wildman–Crippen LogP) is 3.54. The fourth-order valence-electron chi connectivity index (χ4n) is 3.39. The first-order valence-electron chi connectivity index (χ1n) is 9.00. The molecule has 6 nitrogen and oxygen atoms in total. The molecule has 1 amide bonds. The number of aromatic amines is 1. The summed E-state index contributed by atoms with van der Waals surface area (Å²) in [5.41, 5.74) is 7.77. The van der Waals surface area contributed by atoms with Gasteiger partial charge in [-0.1, -0.05) is 37.3 Å². The van der Waals surface area contributed by atoms with Gasteiger partial charge in [-0.25, -0.2) is 10.4 Å². The number of imidazole rings is 1. The molecule has 2 aromatic carbocycles. The molecule has 0 fully saturated rings. The molecule has 0 radical (unpaired) electrons. The molecule has 4 rings (SSSR count). The van der Waals surface area contributed by atoms with E-state index in [0.29, 0.717) is 0 Å². The third-order valence-corrected chi connectivity index (χ3v) is 4.75. The molecular formula is C21H21N5O. The Kier molecular flexibility index (Phi) is 4.46. The summed E-state index contributed by atoms with van der Waals surface area (Å²) >= 11 is 0. The molecule has 0 aliphatic heterocycles. The molecule has 0 aliphatic rings. The molecule has 2 aromatic heterocycles. The number of hydrazone groups is 1. The molecule has 0 saturated heterocycles. The van der Waals surface area contributed by atoms with Crippen LogP contribution < -0.4 is 5.43 Å². The summed E-state index contributed by atoms with van der Waals surface area (Å²) in [5.74, 6) is 0.616. The minimum Gasteiger partial charge on any atom is -0.360 e. The largest absolute Gasteiger partial charge is 0.360 e. The zero-order valence-electron chi connectivity index (χ0n) is 15.4. The Morgan fingerprint density at radius 2 is 2.11 bits per heavy atom. The van der Waals surface area contributed by atoms with Crippen molar-refractivity contribution in [3.05, 3.63) is 65.6 Å². The topological polar surface area (TPSA) is 75.1 Å². The first kappa shape index (κ1) is 17.0. The van der Waals surface area contributed by atoms with Gasteiger partial charge in [-0.15, -0.1) is 0 Å². The highest BCUT2D eigenvalue weighted by molar-refractivity contribution is 6.00. The second-order valence-corrected chi connectivity index (χ2v) is 6.46. The number of H-pyrrole nitrogens is 1.